The number of rotatable bonds is 9. The molecule has 0 bridgehead atoms. The van der Waals surface area contributed by atoms with Crippen LogP contribution >= 0.6 is 0 Å². The first-order valence-electron chi connectivity index (χ1n) is 8.87. The Morgan fingerprint density at radius 2 is 0.958 bits per heavy atom. The lowest BCUT2D eigenvalue weighted by atomic mass is 10.1. The molecule has 2 heteroatoms. The fraction of sp³-hybridized carbons (Fsp3) is 0.364. The fourth-order valence-electron chi connectivity index (χ4n) is 2.40. The summed E-state index contributed by atoms with van der Waals surface area (Å²) in [7, 11) is 0. The summed E-state index contributed by atoms with van der Waals surface area (Å²) < 4.78 is 0. The van der Waals surface area contributed by atoms with Gasteiger partial charge in [0.15, 0.2) is 0 Å². The number of aliphatic imine (C=N–C) groups is 2. The van der Waals surface area contributed by atoms with Gasteiger partial charge in [-0.3, -0.25) is 9.98 Å². The summed E-state index contributed by atoms with van der Waals surface area (Å²) in [4.78, 5) is 8.99. The third kappa shape index (κ3) is 7.36. The SMILES string of the molecule is Cc1ccc(C=NCCCCCCN=Cc2ccc(C)cc2)cc1. The van der Waals surface area contributed by atoms with Gasteiger partial charge in [0.2, 0.25) is 0 Å². The third-order valence-corrected chi connectivity index (χ3v) is 3.96. The van der Waals surface area contributed by atoms with Crippen LogP contribution in [0.4, 0.5) is 0 Å². The molecule has 0 aliphatic heterocycles. The molecule has 0 spiro atoms. The number of unbranched alkanes of at least 4 members (excludes halogenated alkanes) is 3. The second kappa shape index (κ2) is 10.5. The van der Waals surface area contributed by atoms with Crippen molar-refractivity contribution in [1.29, 1.82) is 0 Å². The van der Waals surface area contributed by atoms with Gasteiger partial charge >= 0.3 is 0 Å². The smallest absolute Gasteiger partial charge is 0.0389 e. The maximum atomic E-state index is 4.50. The van der Waals surface area contributed by atoms with Crippen LogP contribution in [0, 0.1) is 13.8 Å². The average molecular weight is 320 g/mol. The predicted molar refractivity (Wildman–Crippen MR) is 106 cm³/mol. The van der Waals surface area contributed by atoms with E-state index in [2.05, 4.69) is 72.4 Å². The van der Waals surface area contributed by atoms with Gasteiger partial charge in [0.25, 0.3) is 0 Å². The maximum absolute atomic E-state index is 4.50. The summed E-state index contributed by atoms with van der Waals surface area (Å²) in [6.45, 7) is 6.04. The predicted octanol–water partition coefficient (Wildman–Crippen LogP) is 5.40. The van der Waals surface area contributed by atoms with E-state index in [9.17, 15) is 0 Å². The highest BCUT2D eigenvalue weighted by Crippen LogP contribution is 2.03. The van der Waals surface area contributed by atoms with Gasteiger partial charge in [-0.15, -0.1) is 0 Å². The Morgan fingerprint density at radius 1 is 0.583 bits per heavy atom. The van der Waals surface area contributed by atoms with Crippen LogP contribution in [0.5, 0.6) is 0 Å². The van der Waals surface area contributed by atoms with E-state index in [1.807, 2.05) is 12.4 Å². The van der Waals surface area contributed by atoms with Crippen molar-refractivity contribution in [3.8, 4) is 0 Å². The van der Waals surface area contributed by atoms with Crippen molar-refractivity contribution in [1.82, 2.24) is 0 Å². The molecule has 24 heavy (non-hydrogen) atoms. The van der Waals surface area contributed by atoms with Gasteiger partial charge in [-0.25, -0.2) is 0 Å². The van der Waals surface area contributed by atoms with Gasteiger partial charge in [0.1, 0.15) is 0 Å². The molecule has 0 saturated heterocycles. The second-order valence-corrected chi connectivity index (χ2v) is 6.31. The minimum atomic E-state index is 0.917. The van der Waals surface area contributed by atoms with Crippen LogP contribution in [-0.4, -0.2) is 25.5 Å². The van der Waals surface area contributed by atoms with Crippen molar-refractivity contribution in [2.75, 3.05) is 13.1 Å². The Kier molecular flexibility index (Phi) is 7.96. The molecule has 126 valence electrons. The first-order valence-corrected chi connectivity index (χ1v) is 8.87. The lowest BCUT2D eigenvalue weighted by molar-refractivity contribution is 0.655. The van der Waals surface area contributed by atoms with Gasteiger partial charge in [-0.1, -0.05) is 72.5 Å². The molecule has 0 saturated carbocycles. The molecule has 0 aromatic heterocycles. The molecule has 0 amide bonds. The zero-order valence-corrected chi connectivity index (χ0v) is 14.9. The molecule has 0 aliphatic carbocycles. The van der Waals surface area contributed by atoms with Crippen LogP contribution in [0.25, 0.3) is 0 Å². The van der Waals surface area contributed by atoms with Gasteiger partial charge in [0, 0.05) is 25.5 Å². The van der Waals surface area contributed by atoms with Crippen LogP contribution in [0.3, 0.4) is 0 Å². The first-order chi connectivity index (χ1) is 11.7. The normalized spacial score (nSPS) is 11.6. The number of benzene rings is 2. The van der Waals surface area contributed by atoms with E-state index in [0.717, 1.165) is 25.9 Å². The van der Waals surface area contributed by atoms with Crippen molar-refractivity contribution in [2.45, 2.75) is 39.5 Å². The van der Waals surface area contributed by atoms with Gasteiger partial charge < -0.3 is 0 Å². The molecule has 0 fully saturated rings. The van der Waals surface area contributed by atoms with E-state index >= 15 is 0 Å². The topological polar surface area (TPSA) is 24.7 Å². The van der Waals surface area contributed by atoms with Crippen LogP contribution < -0.4 is 0 Å². The molecule has 0 N–H and O–H groups in total. The van der Waals surface area contributed by atoms with Crippen LogP contribution in [-0.2, 0) is 0 Å². The van der Waals surface area contributed by atoms with Crippen molar-refractivity contribution in [2.24, 2.45) is 9.98 Å². The van der Waals surface area contributed by atoms with Crippen molar-refractivity contribution in [3.63, 3.8) is 0 Å². The molecule has 0 unspecified atom stereocenters. The largest absolute Gasteiger partial charge is 0.293 e. The number of hydrogen-bond donors (Lipinski definition) is 0. The molecule has 2 aromatic rings. The number of hydrogen-bond acceptors (Lipinski definition) is 2. The molecular weight excluding hydrogens is 292 g/mol. The van der Waals surface area contributed by atoms with Gasteiger partial charge in [-0.05, 0) is 37.8 Å². The van der Waals surface area contributed by atoms with E-state index in [-0.39, 0.29) is 0 Å². The van der Waals surface area contributed by atoms with Gasteiger partial charge in [-0.2, -0.15) is 0 Å². The van der Waals surface area contributed by atoms with Gasteiger partial charge in [0.05, 0.1) is 0 Å². The molecule has 0 radical (unpaired) electrons. The summed E-state index contributed by atoms with van der Waals surface area (Å²) in [6.07, 6.45) is 8.72. The Balaban J connectivity index is 1.51. The monoisotopic (exact) mass is 320 g/mol. The number of aryl methyl sites for hydroxylation is 2. The molecule has 0 heterocycles. The fourth-order valence-corrected chi connectivity index (χ4v) is 2.40. The minimum Gasteiger partial charge on any atom is -0.293 e. The van der Waals surface area contributed by atoms with E-state index in [1.165, 1.54) is 35.1 Å². The summed E-state index contributed by atoms with van der Waals surface area (Å²) >= 11 is 0. The van der Waals surface area contributed by atoms with Crippen molar-refractivity contribution >= 4 is 12.4 Å². The molecule has 2 aromatic carbocycles. The van der Waals surface area contributed by atoms with Crippen molar-refractivity contribution in [3.05, 3.63) is 70.8 Å². The van der Waals surface area contributed by atoms with Crippen LogP contribution in [0.15, 0.2) is 58.5 Å². The third-order valence-electron chi connectivity index (χ3n) is 3.96. The maximum Gasteiger partial charge on any atom is 0.0389 e. The van der Waals surface area contributed by atoms with Crippen molar-refractivity contribution < 1.29 is 0 Å². The highest BCUT2D eigenvalue weighted by atomic mass is 14.7. The summed E-state index contributed by atoms with van der Waals surface area (Å²) in [5, 5.41) is 0. The number of nitrogens with zero attached hydrogens (tertiary/aromatic N) is 2. The Bertz CT molecular complexity index is 577. The summed E-state index contributed by atoms with van der Waals surface area (Å²) in [6, 6.07) is 17.0. The van der Waals surface area contributed by atoms with Crippen LogP contribution in [0.2, 0.25) is 0 Å². The Morgan fingerprint density at radius 3 is 1.33 bits per heavy atom. The van der Waals surface area contributed by atoms with E-state index in [0.29, 0.717) is 0 Å². The minimum absolute atomic E-state index is 0.917. The van der Waals surface area contributed by atoms with E-state index in [4.69, 9.17) is 0 Å². The quantitative estimate of drug-likeness (QED) is 0.436. The molecule has 0 aliphatic rings. The molecule has 2 rings (SSSR count). The standard InChI is InChI=1S/C22H28N2/c1-19-7-11-21(12-8-19)17-23-15-5-3-4-6-16-24-18-22-13-9-20(2)10-14-22/h7-14,17-18H,3-6,15-16H2,1-2H3. The Labute approximate surface area is 146 Å². The first kappa shape index (κ1) is 18.1. The zero-order valence-electron chi connectivity index (χ0n) is 14.9. The summed E-state index contributed by atoms with van der Waals surface area (Å²) in [5.74, 6) is 0. The molecule has 0 atom stereocenters. The highest BCUT2D eigenvalue weighted by Gasteiger charge is 1.91. The lowest BCUT2D eigenvalue weighted by Crippen LogP contribution is -1.88. The van der Waals surface area contributed by atoms with E-state index < -0.39 is 0 Å². The summed E-state index contributed by atoms with van der Waals surface area (Å²) in [5.41, 5.74) is 4.95. The second-order valence-electron chi connectivity index (χ2n) is 6.31. The molecule has 2 nitrogen and oxygen atoms in total. The Hall–Kier alpha value is -2.22. The highest BCUT2D eigenvalue weighted by molar-refractivity contribution is 5.79. The lowest BCUT2D eigenvalue weighted by Gasteiger charge is -1.98. The zero-order chi connectivity index (χ0) is 17.0. The van der Waals surface area contributed by atoms with Crippen LogP contribution in [0.1, 0.15) is 47.9 Å². The van der Waals surface area contributed by atoms with E-state index in [1.54, 1.807) is 0 Å². The molecular formula is C22H28N2. The average Bonchev–Trinajstić information content (AvgIpc) is 2.60.